The molecule has 0 amide bonds. The normalized spacial score (nSPS) is 26.4. The number of ether oxygens (including phenoxy) is 2. The third-order valence-electron chi connectivity index (χ3n) is 3.46. The maximum Gasteiger partial charge on any atom is 0.331 e. The van der Waals surface area contributed by atoms with Crippen molar-refractivity contribution in [1.82, 2.24) is 0 Å². The minimum absolute atomic E-state index is 0.0630. The summed E-state index contributed by atoms with van der Waals surface area (Å²) in [6.45, 7) is 7.20. The van der Waals surface area contributed by atoms with Gasteiger partial charge in [0.25, 0.3) is 0 Å². The van der Waals surface area contributed by atoms with Crippen molar-refractivity contribution in [3.63, 3.8) is 0 Å². The van der Waals surface area contributed by atoms with Crippen molar-refractivity contribution >= 4 is 21.8 Å². The lowest BCUT2D eigenvalue weighted by Gasteiger charge is -2.26. The Morgan fingerprint density at radius 2 is 1.85 bits per heavy atom. The van der Waals surface area contributed by atoms with E-state index in [-0.39, 0.29) is 31.6 Å². The van der Waals surface area contributed by atoms with E-state index in [0.29, 0.717) is 0 Å². The van der Waals surface area contributed by atoms with Crippen molar-refractivity contribution in [2.45, 2.75) is 31.4 Å². The molecule has 20 heavy (non-hydrogen) atoms. The van der Waals surface area contributed by atoms with Crippen LogP contribution in [0.5, 0.6) is 0 Å². The fourth-order valence-corrected chi connectivity index (χ4v) is 3.97. The second kappa shape index (κ2) is 5.95. The zero-order chi connectivity index (χ0) is 15.6. The summed E-state index contributed by atoms with van der Waals surface area (Å²) in [4.78, 5) is 23.9. The fraction of sp³-hybridized carbons (Fsp3) is 0.692. The molecule has 0 spiro atoms. The van der Waals surface area contributed by atoms with Gasteiger partial charge in [-0.05, 0) is 32.3 Å². The van der Waals surface area contributed by atoms with Gasteiger partial charge in [-0.3, -0.25) is 4.79 Å². The van der Waals surface area contributed by atoms with Gasteiger partial charge in [0.15, 0.2) is 14.6 Å². The van der Waals surface area contributed by atoms with Crippen LogP contribution >= 0.6 is 0 Å². The topological polar surface area (TPSA) is 86.7 Å². The van der Waals surface area contributed by atoms with E-state index in [2.05, 4.69) is 6.58 Å². The van der Waals surface area contributed by atoms with E-state index >= 15 is 0 Å². The second-order valence-corrected chi connectivity index (χ2v) is 7.02. The molecule has 1 saturated carbocycles. The smallest absolute Gasteiger partial charge is 0.331 e. The summed E-state index contributed by atoms with van der Waals surface area (Å²) in [6.07, 6.45) is 0.912. The van der Waals surface area contributed by atoms with E-state index in [0.717, 1.165) is 6.26 Å². The van der Waals surface area contributed by atoms with E-state index in [1.165, 1.54) is 0 Å². The lowest BCUT2D eigenvalue weighted by molar-refractivity contribution is -0.148. The lowest BCUT2D eigenvalue weighted by atomic mass is 10.0. The molecule has 2 atom stereocenters. The number of hydrogen-bond donors (Lipinski definition) is 0. The number of hydrogen-bond acceptors (Lipinski definition) is 6. The third kappa shape index (κ3) is 2.72. The Hall–Kier alpha value is -1.37. The molecule has 0 aliphatic heterocycles. The maximum absolute atomic E-state index is 12.1. The molecule has 6 nitrogen and oxygen atoms in total. The monoisotopic (exact) mass is 304 g/mol. The first-order valence-corrected chi connectivity index (χ1v) is 8.31. The van der Waals surface area contributed by atoms with Crippen molar-refractivity contribution in [2.75, 3.05) is 19.5 Å². The van der Waals surface area contributed by atoms with Crippen LogP contribution in [0.2, 0.25) is 0 Å². The molecule has 0 heterocycles. The average molecular weight is 304 g/mol. The van der Waals surface area contributed by atoms with Crippen molar-refractivity contribution in [3.05, 3.63) is 12.2 Å². The Bertz CT molecular complexity index is 521. The van der Waals surface area contributed by atoms with Crippen LogP contribution in [0.3, 0.4) is 0 Å². The largest absolute Gasteiger partial charge is 0.466 e. The van der Waals surface area contributed by atoms with Crippen LogP contribution in [-0.4, -0.2) is 44.6 Å². The van der Waals surface area contributed by atoms with Gasteiger partial charge < -0.3 is 9.47 Å². The highest BCUT2D eigenvalue weighted by atomic mass is 32.2. The zero-order valence-electron chi connectivity index (χ0n) is 12.0. The van der Waals surface area contributed by atoms with E-state index in [4.69, 9.17) is 9.47 Å². The third-order valence-corrected chi connectivity index (χ3v) is 5.34. The highest BCUT2D eigenvalue weighted by Gasteiger charge is 2.58. The van der Waals surface area contributed by atoms with Crippen molar-refractivity contribution in [1.29, 1.82) is 0 Å². The van der Waals surface area contributed by atoms with Crippen LogP contribution in [0, 0.1) is 5.92 Å². The van der Waals surface area contributed by atoms with Gasteiger partial charge in [0.2, 0.25) is 0 Å². The Balaban J connectivity index is 3.18. The molecule has 0 unspecified atom stereocenters. The molecule has 0 radical (unpaired) electrons. The number of rotatable bonds is 5. The molecule has 0 bridgehead atoms. The van der Waals surface area contributed by atoms with E-state index in [1.807, 2.05) is 0 Å². The van der Waals surface area contributed by atoms with Crippen LogP contribution in [0.25, 0.3) is 0 Å². The fourth-order valence-electron chi connectivity index (χ4n) is 2.49. The molecule has 1 rings (SSSR count). The molecule has 0 saturated heterocycles. The Morgan fingerprint density at radius 3 is 2.30 bits per heavy atom. The van der Waals surface area contributed by atoms with Crippen molar-refractivity contribution in [3.8, 4) is 0 Å². The van der Waals surface area contributed by atoms with Crippen LogP contribution in [-0.2, 0) is 28.9 Å². The maximum atomic E-state index is 12.1. The van der Waals surface area contributed by atoms with E-state index in [1.54, 1.807) is 13.8 Å². The van der Waals surface area contributed by atoms with Gasteiger partial charge in [-0.15, -0.1) is 0 Å². The molecule has 0 aromatic heterocycles. The summed E-state index contributed by atoms with van der Waals surface area (Å²) in [6, 6.07) is 0. The van der Waals surface area contributed by atoms with Gasteiger partial charge in [0, 0.05) is 6.26 Å². The average Bonchev–Trinajstić information content (AvgIpc) is 2.68. The molecule has 1 aliphatic rings. The van der Waals surface area contributed by atoms with Crippen LogP contribution in [0.1, 0.15) is 26.7 Å². The number of sulfone groups is 1. The molecule has 114 valence electrons. The first-order chi connectivity index (χ1) is 9.20. The van der Waals surface area contributed by atoms with Gasteiger partial charge >= 0.3 is 11.9 Å². The molecule has 0 aromatic carbocycles. The summed E-state index contributed by atoms with van der Waals surface area (Å²) in [5.41, 5.74) is 0.191. The molecule has 1 fully saturated rings. The van der Waals surface area contributed by atoms with Gasteiger partial charge in [-0.1, -0.05) is 6.58 Å². The predicted octanol–water partition coefficient (Wildman–Crippen LogP) is 0.862. The van der Waals surface area contributed by atoms with Gasteiger partial charge in [0.1, 0.15) is 0 Å². The zero-order valence-corrected chi connectivity index (χ0v) is 12.8. The first kappa shape index (κ1) is 16.7. The molecular weight excluding hydrogens is 284 g/mol. The number of carbonyl (C=O) groups excluding carboxylic acids is 2. The summed E-state index contributed by atoms with van der Waals surface area (Å²) in [5, 5.41) is 0. The summed E-state index contributed by atoms with van der Waals surface area (Å²) in [7, 11) is -3.80. The predicted molar refractivity (Wildman–Crippen MR) is 72.7 cm³/mol. The van der Waals surface area contributed by atoms with Crippen LogP contribution < -0.4 is 0 Å². The van der Waals surface area contributed by atoms with Crippen molar-refractivity contribution < 1.29 is 27.5 Å². The summed E-state index contributed by atoms with van der Waals surface area (Å²) >= 11 is 0. The lowest BCUT2D eigenvalue weighted by Crippen LogP contribution is -2.46. The van der Waals surface area contributed by atoms with Gasteiger partial charge in [-0.2, -0.15) is 0 Å². The van der Waals surface area contributed by atoms with Gasteiger partial charge in [-0.25, -0.2) is 13.2 Å². The van der Waals surface area contributed by atoms with Crippen molar-refractivity contribution in [2.24, 2.45) is 5.92 Å². The summed E-state index contributed by atoms with van der Waals surface area (Å²) < 4.78 is 32.1. The highest BCUT2D eigenvalue weighted by Crippen LogP contribution is 2.45. The SMILES string of the molecule is C=C1C[C@H](C(=O)OCC)C[C@]1(C(=O)OCC)S(C)(=O)=O. The minimum Gasteiger partial charge on any atom is -0.466 e. The molecule has 0 N–H and O–H groups in total. The molecule has 7 heteroatoms. The van der Waals surface area contributed by atoms with Gasteiger partial charge in [0.05, 0.1) is 19.1 Å². The Kier molecular flexibility index (Phi) is 4.96. The Morgan fingerprint density at radius 1 is 1.30 bits per heavy atom. The number of carbonyl (C=O) groups is 2. The van der Waals surface area contributed by atoms with E-state index < -0.39 is 32.4 Å². The van der Waals surface area contributed by atoms with E-state index in [9.17, 15) is 18.0 Å². The summed E-state index contributed by atoms with van der Waals surface area (Å²) in [5.74, 6) is -2.05. The molecule has 0 aromatic rings. The number of esters is 2. The quantitative estimate of drug-likeness (QED) is 0.553. The molecular formula is C13H20O6S. The standard InChI is InChI=1S/C13H20O6S/c1-5-18-11(14)10-7-9(3)13(8-10,20(4,16)17)12(15)19-6-2/h10H,3,5-8H2,1-2,4H3/t10-,13-/m0/s1. The highest BCUT2D eigenvalue weighted by molar-refractivity contribution is 7.93. The first-order valence-electron chi connectivity index (χ1n) is 6.42. The van der Waals surface area contributed by atoms with Crippen LogP contribution in [0.15, 0.2) is 12.2 Å². The van der Waals surface area contributed by atoms with Crippen LogP contribution in [0.4, 0.5) is 0 Å². The second-order valence-electron chi connectivity index (χ2n) is 4.78. The minimum atomic E-state index is -3.80. The Labute approximate surface area is 119 Å². The molecule has 1 aliphatic carbocycles.